The molecule has 2 aromatic heterocycles. The topological polar surface area (TPSA) is 110 Å². The van der Waals surface area contributed by atoms with Gasteiger partial charge in [-0.05, 0) is 24.2 Å². The molecule has 0 aliphatic heterocycles. The Morgan fingerprint density at radius 1 is 1.22 bits per heavy atom. The summed E-state index contributed by atoms with van der Waals surface area (Å²) in [6.45, 7) is 1.90. The molecule has 0 aliphatic rings. The largest absolute Gasteiger partial charge is 0.409 e. The Hall–Kier alpha value is -2.22. The van der Waals surface area contributed by atoms with Gasteiger partial charge < -0.3 is 10.9 Å². The van der Waals surface area contributed by atoms with Gasteiger partial charge in [-0.15, -0.1) is 0 Å². The molecule has 2 aromatic rings. The van der Waals surface area contributed by atoms with Gasteiger partial charge in [-0.1, -0.05) is 5.16 Å². The zero-order chi connectivity index (χ0) is 13.0. The first kappa shape index (κ1) is 12.2. The smallest absolute Gasteiger partial charge is 0.193 e. The number of aromatic nitrogens is 4. The first-order valence-electron chi connectivity index (χ1n) is 4.96. The molecule has 0 atom stereocenters. The van der Waals surface area contributed by atoms with E-state index < -0.39 is 0 Å². The minimum atomic E-state index is -0.0993. The lowest BCUT2D eigenvalue weighted by molar-refractivity contribution is 0.318. The van der Waals surface area contributed by atoms with Crippen molar-refractivity contribution in [3.63, 3.8) is 0 Å². The number of aryl methyl sites for hydroxylation is 1. The van der Waals surface area contributed by atoms with Gasteiger partial charge in [0.2, 0.25) is 0 Å². The van der Waals surface area contributed by atoms with Gasteiger partial charge in [0.1, 0.15) is 10.7 Å². The third-order valence-corrected chi connectivity index (χ3v) is 2.85. The fraction of sp³-hybridized carbons (Fsp3) is 0.100. The standard InChI is InChI=1S/C10H10N6OS/c1-6-4-14-10(15-5-6)18-9-7(8(11)16-17)12-2-3-13-9/h2-5,17H,1H3,(H2,11,16). The number of oxime groups is 1. The van der Waals surface area contributed by atoms with Crippen LogP contribution >= 0.6 is 11.8 Å². The number of hydrogen-bond acceptors (Lipinski definition) is 7. The Balaban J connectivity index is 2.32. The quantitative estimate of drug-likeness (QED) is 0.277. The van der Waals surface area contributed by atoms with E-state index in [1.807, 2.05) is 6.92 Å². The maximum Gasteiger partial charge on any atom is 0.193 e. The molecular weight excluding hydrogens is 252 g/mol. The fourth-order valence-electron chi connectivity index (χ4n) is 1.14. The molecule has 0 saturated heterocycles. The van der Waals surface area contributed by atoms with Crippen molar-refractivity contribution in [1.29, 1.82) is 0 Å². The molecular formula is C10H10N6OS. The first-order chi connectivity index (χ1) is 8.70. The molecule has 2 heterocycles. The predicted molar refractivity (Wildman–Crippen MR) is 65.4 cm³/mol. The summed E-state index contributed by atoms with van der Waals surface area (Å²) in [4.78, 5) is 16.4. The van der Waals surface area contributed by atoms with Crippen LogP contribution in [0.15, 0.2) is 40.1 Å². The summed E-state index contributed by atoms with van der Waals surface area (Å²) in [5.74, 6) is -0.0993. The number of nitrogens with two attached hydrogens (primary N) is 1. The summed E-state index contributed by atoms with van der Waals surface area (Å²) >= 11 is 1.20. The highest BCUT2D eigenvalue weighted by Crippen LogP contribution is 2.24. The van der Waals surface area contributed by atoms with Crippen LogP contribution in [0.3, 0.4) is 0 Å². The Morgan fingerprint density at radius 2 is 1.89 bits per heavy atom. The average molecular weight is 262 g/mol. The predicted octanol–water partition coefficient (Wildman–Crippen LogP) is 0.821. The molecule has 7 nitrogen and oxygen atoms in total. The molecule has 0 aromatic carbocycles. The fourth-order valence-corrected chi connectivity index (χ4v) is 1.89. The zero-order valence-corrected chi connectivity index (χ0v) is 10.3. The van der Waals surface area contributed by atoms with Crippen LogP contribution in [0.25, 0.3) is 0 Å². The molecule has 0 spiro atoms. The van der Waals surface area contributed by atoms with Gasteiger partial charge >= 0.3 is 0 Å². The molecule has 92 valence electrons. The van der Waals surface area contributed by atoms with E-state index in [0.717, 1.165) is 5.56 Å². The van der Waals surface area contributed by atoms with E-state index in [-0.39, 0.29) is 5.84 Å². The van der Waals surface area contributed by atoms with E-state index in [4.69, 9.17) is 10.9 Å². The summed E-state index contributed by atoms with van der Waals surface area (Å²) in [5.41, 5.74) is 6.78. The second-order valence-corrected chi connectivity index (χ2v) is 4.30. The van der Waals surface area contributed by atoms with Crippen molar-refractivity contribution in [1.82, 2.24) is 19.9 Å². The van der Waals surface area contributed by atoms with Crippen molar-refractivity contribution in [2.75, 3.05) is 0 Å². The van der Waals surface area contributed by atoms with Crippen LogP contribution in [0.1, 0.15) is 11.3 Å². The molecule has 0 fully saturated rings. The first-order valence-corrected chi connectivity index (χ1v) is 5.77. The Morgan fingerprint density at radius 3 is 2.56 bits per heavy atom. The monoisotopic (exact) mass is 262 g/mol. The highest BCUT2D eigenvalue weighted by atomic mass is 32.2. The summed E-state index contributed by atoms with van der Waals surface area (Å²) < 4.78 is 0. The zero-order valence-electron chi connectivity index (χ0n) is 9.48. The van der Waals surface area contributed by atoms with Gasteiger partial charge in [0.25, 0.3) is 0 Å². The second kappa shape index (κ2) is 5.41. The SMILES string of the molecule is Cc1cnc(Sc2nccnc2C(N)=NO)nc1. The number of rotatable bonds is 3. The lowest BCUT2D eigenvalue weighted by Gasteiger charge is -2.04. The van der Waals surface area contributed by atoms with Crippen LogP contribution in [0.2, 0.25) is 0 Å². The molecule has 0 unspecified atom stereocenters. The lowest BCUT2D eigenvalue weighted by Crippen LogP contribution is -2.16. The normalized spacial score (nSPS) is 11.5. The molecule has 8 heteroatoms. The molecule has 2 rings (SSSR count). The van der Waals surface area contributed by atoms with Crippen molar-refractivity contribution in [3.8, 4) is 0 Å². The third-order valence-electron chi connectivity index (χ3n) is 1.96. The van der Waals surface area contributed by atoms with Crippen LogP contribution < -0.4 is 5.73 Å². The highest BCUT2D eigenvalue weighted by molar-refractivity contribution is 7.99. The van der Waals surface area contributed by atoms with E-state index in [9.17, 15) is 0 Å². The summed E-state index contributed by atoms with van der Waals surface area (Å²) in [5, 5.41) is 12.6. The number of amidine groups is 1. The third kappa shape index (κ3) is 2.72. The minimum absolute atomic E-state index is 0.0993. The van der Waals surface area contributed by atoms with E-state index in [1.165, 1.54) is 24.2 Å². The van der Waals surface area contributed by atoms with Crippen molar-refractivity contribution < 1.29 is 5.21 Å². The van der Waals surface area contributed by atoms with Gasteiger partial charge in [0.15, 0.2) is 11.0 Å². The molecule has 0 amide bonds. The van der Waals surface area contributed by atoms with Crippen LogP contribution in [-0.2, 0) is 0 Å². The maximum absolute atomic E-state index is 8.67. The Kier molecular flexibility index (Phi) is 3.68. The molecule has 0 bridgehead atoms. The Labute approximate surface area is 107 Å². The Bertz CT molecular complexity index is 571. The molecule has 18 heavy (non-hydrogen) atoms. The average Bonchev–Trinajstić information content (AvgIpc) is 2.41. The van der Waals surface area contributed by atoms with Crippen molar-refractivity contribution in [3.05, 3.63) is 36.0 Å². The van der Waals surface area contributed by atoms with Crippen LogP contribution in [0, 0.1) is 6.92 Å². The van der Waals surface area contributed by atoms with E-state index in [1.54, 1.807) is 12.4 Å². The van der Waals surface area contributed by atoms with Crippen molar-refractivity contribution in [2.45, 2.75) is 17.1 Å². The number of nitrogens with zero attached hydrogens (tertiary/aromatic N) is 5. The van der Waals surface area contributed by atoms with Crippen LogP contribution in [-0.4, -0.2) is 31.0 Å². The van der Waals surface area contributed by atoms with Crippen molar-refractivity contribution in [2.24, 2.45) is 10.9 Å². The van der Waals surface area contributed by atoms with Gasteiger partial charge in [-0.2, -0.15) is 0 Å². The minimum Gasteiger partial charge on any atom is -0.409 e. The van der Waals surface area contributed by atoms with Crippen LogP contribution in [0.4, 0.5) is 0 Å². The second-order valence-electron chi connectivity index (χ2n) is 3.34. The maximum atomic E-state index is 8.67. The summed E-state index contributed by atoms with van der Waals surface area (Å²) in [6.07, 6.45) is 6.39. The summed E-state index contributed by atoms with van der Waals surface area (Å²) in [6, 6.07) is 0. The highest BCUT2D eigenvalue weighted by Gasteiger charge is 2.12. The lowest BCUT2D eigenvalue weighted by atomic mass is 10.4. The van der Waals surface area contributed by atoms with E-state index in [0.29, 0.717) is 15.9 Å². The molecule has 0 radical (unpaired) electrons. The van der Waals surface area contributed by atoms with Gasteiger partial charge in [0, 0.05) is 24.8 Å². The molecule has 0 saturated carbocycles. The molecule has 0 aliphatic carbocycles. The number of hydrogen-bond donors (Lipinski definition) is 2. The van der Waals surface area contributed by atoms with E-state index in [2.05, 4.69) is 25.1 Å². The van der Waals surface area contributed by atoms with Gasteiger partial charge in [0.05, 0.1) is 0 Å². The molecule has 3 N–H and O–H groups in total. The van der Waals surface area contributed by atoms with Gasteiger partial charge in [-0.25, -0.2) is 19.9 Å². The van der Waals surface area contributed by atoms with Gasteiger partial charge in [-0.3, -0.25) is 0 Å². The summed E-state index contributed by atoms with van der Waals surface area (Å²) in [7, 11) is 0. The van der Waals surface area contributed by atoms with E-state index >= 15 is 0 Å². The van der Waals surface area contributed by atoms with Crippen LogP contribution in [0.5, 0.6) is 0 Å². The van der Waals surface area contributed by atoms with Crippen molar-refractivity contribution >= 4 is 17.6 Å².